The highest BCUT2D eigenvalue weighted by atomic mass is 79.9. The molecule has 1 heterocycles. The lowest BCUT2D eigenvalue weighted by Gasteiger charge is -2.08. The van der Waals surface area contributed by atoms with Crippen LogP contribution in [-0.2, 0) is 0 Å². The number of nitrogens with zero attached hydrogens (tertiary/aromatic N) is 1. The van der Waals surface area contributed by atoms with Crippen molar-refractivity contribution in [2.45, 2.75) is 0 Å². The van der Waals surface area contributed by atoms with Crippen molar-refractivity contribution in [3.8, 4) is 0 Å². The molecule has 2 aromatic rings. The fraction of sp³-hybridized carbons (Fsp3) is 0. The Morgan fingerprint density at radius 1 is 1.25 bits per heavy atom. The first-order chi connectivity index (χ1) is 9.47. The van der Waals surface area contributed by atoms with Crippen LogP contribution in [0.1, 0.15) is 20.7 Å². The van der Waals surface area contributed by atoms with Crippen molar-refractivity contribution in [3.05, 3.63) is 58.1 Å². The number of aromatic carboxylic acids is 1. The normalized spacial score (nSPS) is 10.1. The molecule has 0 unspecified atom stereocenters. The summed E-state index contributed by atoms with van der Waals surface area (Å²) < 4.78 is 13.6. The van der Waals surface area contributed by atoms with E-state index in [1.165, 1.54) is 18.3 Å². The maximum Gasteiger partial charge on any atom is 0.337 e. The van der Waals surface area contributed by atoms with Gasteiger partial charge in [0.2, 0.25) is 0 Å². The molecule has 0 aliphatic carbocycles. The monoisotopic (exact) mass is 338 g/mol. The van der Waals surface area contributed by atoms with Gasteiger partial charge >= 0.3 is 5.97 Å². The second kappa shape index (κ2) is 5.79. The van der Waals surface area contributed by atoms with Gasteiger partial charge in [0.25, 0.3) is 5.91 Å². The van der Waals surface area contributed by atoms with Gasteiger partial charge in [0.1, 0.15) is 10.4 Å². The number of carbonyl (C=O) groups excluding carboxylic acids is 1. The number of nitrogens with one attached hydrogen (secondary N) is 1. The standard InChI is InChI=1S/C13H8BrFN2O3/c14-11-4-1-7(6-16-11)12(18)17-10-3-2-8(15)5-9(10)13(19)20/h1-6H,(H,17,18)(H,19,20). The Morgan fingerprint density at radius 2 is 2.00 bits per heavy atom. The molecular weight excluding hydrogens is 331 g/mol. The molecule has 7 heteroatoms. The molecule has 5 nitrogen and oxygen atoms in total. The third kappa shape index (κ3) is 3.18. The number of hydrogen-bond acceptors (Lipinski definition) is 3. The van der Waals surface area contributed by atoms with Crippen LogP contribution in [0.2, 0.25) is 0 Å². The average Bonchev–Trinajstić information content (AvgIpc) is 2.41. The molecule has 0 saturated heterocycles. The van der Waals surface area contributed by atoms with Gasteiger partial charge in [0.15, 0.2) is 0 Å². The number of benzene rings is 1. The quantitative estimate of drug-likeness (QED) is 0.843. The fourth-order valence-corrected chi connectivity index (χ4v) is 1.74. The van der Waals surface area contributed by atoms with Crippen molar-refractivity contribution in [2.75, 3.05) is 5.32 Å². The van der Waals surface area contributed by atoms with Gasteiger partial charge in [-0.2, -0.15) is 0 Å². The van der Waals surface area contributed by atoms with Gasteiger partial charge in [0.05, 0.1) is 16.8 Å². The Balaban J connectivity index is 2.28. The molecular formula is C13H8BrFN2O3. The molecule has 1 aromatic heterocycles. The van der Waals surface area contributed by atoms with E-state index in [9.17, 15) is 14.0 Å². The summed E-state index contributed by atoms with van der Waals surface area (Å²) in [5, 5.41) is 11.4. The van der Waals surface area contributed by atoms with E-state index in [4.69, 9.17) is 5.11 Å². The van der Waals surface area contributed by atoms with Crippen LogP contribution in [0.5, 0.6) is 0 Å². The molecule has 1 amide bonds. The number of carboxylic acids is 1. The van der Waals surface area contributed by atoms with Crippen molar-refractivity contribution >= 4 is 33.5 Å². The zero-order valence-corrected chi connectivity index (χ0v) is 11.5. The Morgan fingerprint density at radius 3 is 2.60 bits per heavy atom. The SMILES string of the molecule is O=C(Nc1ccc(F)cc1C(=O)O)c1ccc(Br)nc1. The fourth-order valence-electron chi connectivity index (χ4n) is 1.51. The van der Waals surface area contributed by atoms with Crippen molar-refractivity contribution < 1.29 is 19.1 Å². The lowest BCUT2D eigenvalue weighted by atomic mass is 10.1. The minimum Gasteiger partial charge on any atom is -0.478 e. The average molecular weight is 339 g/mol. The molecule has 102 valence electrons. The molecule has 2 N–H and O–H groups in total. The molecule has 2 rings (SSSR count). The lowest BCUT2D eigenvalue weighted by molar-refractivity contribution is 0.0697. The zero-order chi connectivity index (χ0) is 14.7. The Kier molecular flexibility index (Phi) is 4.09. The minimum atomic E-state index is -1.33. The Labute approximate surface area is 121 Å². The second-order valence-corrected chi connectivity index (χ2v) is 4.63. The molecule has 0 spiro atoms. The predicted octanol–water partition coefficient (Wildman–Crippen LogP) is 2.93. The van der Waals surface area contributed by atoms with Crippen molar-refractivity contribution in [1.82, 2.24) is 4.98 Å². The summed E-state index contributed by atoms with van der Waals surface area (Å²) in [4.78, 5) is 26.8. The second-order valence-electron chi connectivity index (χ2n) is 3.82. The largest absolute Gasteiger partial charge is 0.478 e. The van der Waals surface area contributed by atoms with Gasteiger partial charge in [-0.1, -0.05) is 0 Å². The van der Waals surface area contributed by atoms with E-state index in [1.807, 2.05) is 0 Å². The van der Waals surface area contributed by atoms with E-state index in [1.54, 1.807) is 6.07 Å². The number of aromatic nitrogens is 1. The lowest BCUT2D eigenvalue weighted by Crippen LogP contribution is -2.15. The van der Waals surface area contributed by atoms with E-state index in [0.717, 1.165) is 12.1 Å². The highest BCUT2D eigenvalue weighted by molar-refractivity contribution is 9.10. The van der Waals surface area contributed by atoms with Gasteiger partial charge in [-0.25, -0.2) is 14.2 Å². The molecule has 0 atom stereocenters. The predicted molar refractivity (Wildman–Crippen MR) is 73.2 cm³/mol. The van der Waals surface area contributed by atoms with Crippen molar-refractivity contribution in [3.63, 3.8) is 0 Å². The van der Waals surface area contributed by atoms with Crippen LogP contribution in [0.3, 0.4) is 0 Å². The number of carboxylic acid groups (broad SMARTS) is 1. The number of amides is 1. The van der Waals surface area contributed by atoms with E-state index < -0.39 is 17.7 Å². The maximum absolute atomic E-state index is 13.0. The van der Waals surface area contributed by atoms with Crippen molar-refractivity contribution in [2.24, 2.45) is 0 Å². The van der Waals surface area contributed by atoms with Crippen LogP contribution < -0.4 is 5.32 Å². The van der Waals surface area contributed by atoms with Crippen LogP contribution in [0.25, 0.3) is 0 Å². The first-order valence-electron chi connectivity index (χ1n) is 5.43. The number of rotatable bonds is 3. The van der Waals surface area contributed by atoms with Gasteiger partial charge in [-0.15, -0.1) is 0 Å². The topological polar surface area (TPSA) is 79.3 Å². The Bertz CT molecular complexity index is 674. The van der Waals surface area contributed by atoms with E-state index in [0.29, 0.717) is 4.60 Å². The van der Waals surface area contributed by atoms with Gasteiger partial charge < -0.3 is 10.4 Å². The number of halogens is 2. The van der Waals surface area contributed by atoms with Crippen molar-refractivity contribution in [1.29, 1.82) is 0 Å². The summed E-state index contributed by atoms with van der Waals surface area (Å²) in [5.74, 6) is -2.54. The van der Waals surface area contributed by atoms with E-state index >= 15 is 0 Å². The highest BCUT2D eigenvalue weighted by Crippen LogP contribution is 2.18. The molecule has 0 bridgehead atoms. The summed E-state index contributed by atoms with van der Waals surface area (Å²) in [6, 6.07) is 6.22. The van der Waals surface area contributed by atoms with Crippen LogP contribution in [0.4, 0.5) is 10.1 Å². The summed E-state index contributed by atoms with van der Waals surface area (Å²) in [6.45, 7) is 0. The van der Waals surface area contributed by atoms with Crippen LogP contribution in [0.15, 0.2) is 41.1 Å². The van der Waals surface area contributed by atoms with E-state index in [-0.39, 0.29) is 16.8 Å². The summed E-state index contributed by atoms with van der Waals surface area (Å²) in [5.41, 5.74) is -0.0379. The summed E-state index contributed by atoms with van der Waals surface area (Å²) >= 11 is 3.14. The first-order valence-corrected chi connectivity index (χ1v) is 6.22. The zero-order valence-electron chi connectivity index (χ0n) is 9.93. The molecule has 0 saturated carbocycles. The molecule has 1 aromatic carbocycles. The van der Waals surface area contributed by atoms with Gasteiger partial charge in [0, 0.05) is 6.20 Å². The molecule has 0 fully saturated rings. The maximum atomic E-state index is 13.0. The summed E-state index contributed by atoms with van der Waals surface area (Å²) in [6.07, 6.45) is 1.34. The third-order valence-electron chi connectivity index (χ3n) is 2.45. The minimum absolute atomic E-state index is 0.0202. The van der Waals surface area contributed by atoms with E-state index in [2.05, 4.69) is 26.2 Å². The highest BCUT2D eigenvalue weighted by Gasteiger charge is 2.14. The Hall–Kier alpha value is -2.28. The third-order valence-corrected chi connectivity index (χ3v) is 2.92. The molecule has 0 radical (unpaired) electrons. The van der Waals surface area contributed by atoms with Crippen LogP contribution >= 0.6 is 15.9 Å². The number of pyridine rings is 1. The molecule has 0 aliphatic rings. The van der Waals surface area contributed by atoms with Crippen LogP contribution in [0, 0.1) is 5.82 Å². The molecule has 0 aliphatic heterocycles. The smallest absolute Gasteiger partial charge is 0.337 e. The number of hydrogen-bond donors (Lipinski definition) is 2. The first kappa shape index (κ1) is 14.1. The van der Waals surface area contributed by atoms with Crippen LogP contribution in [-0.4, -0.2) is 22.0 Å². The van der Waals surface area contributed by atoms with Gasteiger partial charge in [-0.3, -0.25) is 4.79 Å². The molecule has 20 heavy (non-hydrogen) atoms. The van der Waals surface area contributed by atoms with Gasteiger partial charge in [-0.05, 0) is 46.3 Å². The summed E-state index contributed by atoms with van der Waals surface area (Å²) in [7, 11) is 0. The number of carbonyl (C=O) groups is 2. The number of anilines is 1.